The molecule has 1 aromatic rings. The number of hydrogen-bond donors (Lipinski definition) is 0. The van der Waals surface area contributed by atoms with Gasteiger partial charge in [0.05, 0.1) is 13.7 Å². The Hall–Kier alpha value is -1.81. The number of para-hydroxylation sites is 1. The summed E-state index contributed by atoms with van der Waals surface area (Å²) in [6.45, 7) is 2.00. The Morgan fingerprint density at radius 1 is 1.32 bits per heavy atom. The highest BCUT2D eigenvalue weighted by Crippen LogP contribution is 2.25. The molecule has 0 atom stereocenters. The average Bonchev–Trinajstić information content (AvgIpc) is 2.78. The summed E-state index contributed by atoms with van der Waals surface area (Å²) in [5.74, 6) is 0.890. The summed E-state index contributed by atoms with van der Waals surface area (Å²) in [5, 5.41) is 0. The summed E-state index contributed by atoms with van der Waals surface area (Å²) < 4.78 is 10.3. The minimum atomic E-state index is 0.1000. The molecule has 1 aromatic carbocycles. The second kappa shape index (κ2) is 6.38. The van der Waals surface area contributed by atoms with Gasteiger partial charge in [-0.15, -0.1) is 0 Å². The Morgan fingerprint density at radius 3 is 2.84 bits per heavy atom. The molecule has 4 nitrogen and oxygen atoms in total. The van der Waals surface area contributed by atoms with E-state index in [1.54, 1.807) is 14.2 Å². The maximum absolute atomic E-state index is 12.2. The van der Waals surface area contributed by atoms with Crippen molar-refractivity contribution in [3.8, 4) is 5.75 Å². The van der Waals surface area contributed by atoms with Gasteiger partial charge in [0.15, 0.2) is 0 Å². The normalized spacial score (nSPS) is 17.3. The SMILES string of the molecule is COCCN1CC/C(=C/c2ccccc2OC)C1=O. The van der Waals surface area contributed by atoms with Gasteiger partial charge in [-0.05, 0) is 18.6 Å². The first-order valence-corrected chi connectivity index (χ1v) is 6.38. The van der Waals surface area contributed by atoms with Gasteiger partial charge in [-0.1, -0.05) is 18.2 Å². The summed E-state index contributed by atoms with van der Waals surface area (Å²) in [7, 11) is 3.28. The molecule has 0 N–H and O–H groups in total. The molecule has 1 fully saturated rings. The molecule has 1 aliphatic heterocycles. The largest absolute Gasteiger partial charge is 0.496 e. The zero-order chi connectivity index (χ0) is 13.7. The number of methoxy groups -OCH3 is 2. The van der Waals surface area contributed by atoms with Gasteiger partial charge < -0.3 is 14.4 Å². The van der Waals surface area contributed by atoms with Crippen LogP contribution in [0.4, 0.5) is 0 Å². The maximum Gasteiger partial charge on any atom is 0.249 e. The molecular weight excluding hydrogens is 242 g/mol. The molecule has 0 aromatic heterocycles. The summed E-state index contributed by atoms with van der Waals surface area (Å²) in [5.41, 5.74) is 1.78. The van der Waals surface area contributed by atoms with Crippen LogP contribution < -0.4 is 4.74 Å². The number of amides is 1. The standard InChI is InChI=1S/C15H19NO3/c1-18-10-9-16-8-7-13(15(16)17)11-12-5-3-4-6-14(12)19-2/h3-6,11H,7-10H2,1-2H3/b13-11-. The molecule has 1 heterocycles. The zero-order valence-corrected chi connectivity index (χ0v) is 11.4. The molecule has 1 amide bonds. The van der Waals surface area contributed by atoms with Crippen molar-refractivity contribution < 1.29 is 14.3 Å². The molecule has 0 bridgehead atoms. The quantitative estimate of drug-likeness (QED) is 0.761. The first kappa shape index (κ1) is 13.6. The van der Waals surface area contributed by atoms with Gasteiger partial charge in [-0.2, -0.15) is 0 Å². The van der Waals surface area contributed by atoms with Crippen LogP contribution in [0.3, 0.4) is 0 Å². The Balaban J connectivity index is 2.14. The van der Waals surface area contributed by atoms with Gasteiger partial charge in [0, 0.05) is 31.3 Å². The highest BCUT2D eigenvalue weighted by Gasteiger charge is 2.25. The number of hydrogen-bond acceptors (Lipinski definition) is 3. The van der Waals surface area contributed by atoms with E-state index in [1.165, 1.54) is 0 Å². The van der Waals surface area contributed by atoms with E-state index in [2.05, 4.69) is 0 Å². The summed E-state index contributed by atoms with van der Waals surface area (Å²) in [6, 6.07) is 7.71. The Morgan fingerprint density at radius 2 is 2.11 bits per heavy atom. The summed E-state index contributed by atoms with van der Waals surface area (Å²) >= 11 is 0. The van der Waals surface area contributed by atoms with Crippen LogP contribution in [0.1, 0.15) is 12.0 Å². The second-order valence-corrected chi connectivity index (χ2v) is 4.45. The first-order valence-electron chi connectivity index (χ1n) is 6.38. The van der Waals surface area contributed by atoms with E-state index in [0.29, 0.717) is 13.2 Å². The molecule has 0 unspecified atom stereocenters. The first-order chi connectivity index (χ1) is 9.26. The molecule has 4 heteroatoms. The predicted octanol–water partition coefficient (Wildman–Crippen LogP) is 1.96. The van der Waals surface area contributed by atoms with Crippen LogP contribution in [0.5, 0.6) is 5.75 Å². The fraction of sp³-hybridized carbons (Fsp3) is 0.400. The lowest BCUT2D eigenvalue weighted by Gasteiger charge is -2.13. The fourth-order valence-electron chi connectivity index (χ4n) is 2.19. The molecule has 102 valence electrons. The average molecular weight is 261 g/mol. The van der Waals surface area contributed by atoms with E-state index in [4.69, 9.17) is 9.47 Å². The van der Waals surface area contributed by atoms with E-state index in [9.17, 15) is 4.79 Å². The lowest BCUT2D eigenvalue weighted by molar-refractivity contribution is -0.125. The fourth-order valence-corrected chi connectivity index (χ4v) is 2.19. The van der Waals surface area contributed by atoms with E-state index >= 15 is 0 Å². The molecule has 0 radical (unpaired) electrons. The topological polar surface area (TPSA) is 38.8 Å². The minimum Gasteiger partial charge on any atom is -0.496 e. The van der Waals surface area contributed by atoms with Crippen LogP contribution in [0.15, 0.2) is 29.8 Å². The number of carbonyl (C=O) groups excluding carboxylic acids is 1. The molecule has 1 saturated heterocycles. The lowest BCUT2D eigenvalue weighted by Crippen LogP contribution is -2.28. The van der Waals surface area contributed by atoms with E-state index in [-0.39, 0.29) is 5.91 Å². The van der Waals surface area contributed by atoms with Gasteiger partial charge in [-0.25, -0.2) is 0 Å². The van der Waals surface area contributed by atoms with E-state index in [0.717, 1.165) is 29.9 Å². The van der Waals surface area contributed by atoms with Crippen molar-refractivity contribution in [2.24, 2.45) is 0 Å². The number of ether oxygens (including phenoxy) is 2. The van der Waals surface area contributed by atoms with Gasteiger partial charge in [0.2, 0.25) is 5.91 Å². The summed E-state index contributed by atoms with van der Waals surface area (Å²) in [6.07, 6.45) is 2.70. The third-order valence-corrected chi connectivity index (χ3v) is 3.25. The smallest absolute Gasteiger partial charge is 0.249 e. The predicted molar refractivity (Wildman–Crippen MR) is 74.0 cm³/mol. The number of carbonyl (C=O) groups is 1. The Bertz CT molecular complexity index is 482. The number of nitrogens with zero attached hydrogens (tertiary/aromatic N) is 1. The van der Waals surface area contributed by atoms with Gasteiger partial charge in [0.1, 0.15) is 5.75 Å². The third-order valence-electron chi connectivity index (χ3n) is 3.25. The molecule has 0 aliphatic carbocycles. The maximum atomic E-state index is 12.2. The van der Waals surface area contributed by atoms with E-state index in [1.807, 2.05) is 35.2 Å². The minimum absolute atomic E-state index is 0.1000. The van der Waals surface area contributed by atoms with Gasteiger partial charge in [0.25, 0.3) is 0 Å². The van der Waals surface area contributed by atoms with Crippen LogP contribution >= 0.6 is 0 Å². The number of rotatable bonds is 5. The molecule has 19 heavy (non-hydrogen) atoms. The van der Waals surface area contributed by atoms with Crippen LogP contribution in [0.2, 0.25) is 0 Å². The van der Waals surface area contributed by atoms with Crippen molar-refractivity contribution in [1.29, 1.82) is 0 Å². The Kier molecular flexibility index (Phi) is 4.58. The second-order valence-electron chi connectivity index (χ2n) is 4.45. The lowest BCUT2D eigenvalue weighted by atomic mass is 10.1. The van der Waals surface area contributed by atoms with E-state index < -0.39 is 0 Å². The molecular formula is C15H19NO3. The summed E-state index contributed by atoms with van der Waals surface area (Å²) in [4.78, 5) is 14.0. The molecule has 2 rings (SSSR count). The molecule has 0 saturated carbocycles. The van der Waals surface area contributed by atoms with Crippen molar-refractivity contribution >= 4 is 12.0 Å². The van der Waals surface area contributed by atoms with Crippen molar-refractivity contribution in [3.63, 3.8) is 0 Å². The van der Waals surface area contributed by atoms with Crippen molar-refractivity contribution in [2.45, 2.75) is 6.42 Å². The van der Waals surface area contributed by atoms with Gasteiger partial charge in [-0.3, -0.25) is 4.79 Å². The Labute approximate surface area is 113 Å². The number of benzene rings is 1. The van der Waals surface area contributed by atoms with Crippen LogP contribution in [0, 0.1) is 0 Å². The monoisotopic (exact) mass is 261 g/mol. The zero-order valence-electron chi connectivity index (χ0n) is 11.4. The van der Waals surface area contributed by atoms with Crippen LogP contribution in [0.25, 0.3) is 6.08 Å². The molecule has 1 aliphatic rings. The highest BCUT2D eigenvalue weighted by atomic mass is 16.5. The van der Waals surface area contributed by atoms with Crippen molar-refractivity contribution in [1.82, 2.24) is 4.90 Å². The van der Waals surface area contributed by atoms with Crippen LogP contribution in [-0.2, 0) is 9.53 Å². The number of likely N-dealkylation sites (tertiary alicyclic amines) is 1. The van der Waals surface area contributed by atoms with Crippen molar-refractivity contribution in [2.75, 3.05) is 33.9 Å². The molecule has 0 spiro atoms. The van der Waals surface area contributed by atoms with Crippen LogP contribution in [-0.4, -0.2) is 44.7 Å². The van der Waals surface area contributed by atoms with Crippen molar-refractivity contribution in [3.05, 3.63) is 35.4 Å². The third kappa shape index (κ3) is 3.15. The van der Waals surface area contributed by atoms with Gasteiger partial charge >= 0.3 is 0 Å². The highest BCUT2D eigenvalue weighted by molar-refractivity contribution is 6.00.